The van der Waals surface area contributed by atoms with E-state index in [0.717, 1.165) is 28.0 Å². The van der Waals surface area contributed by atoms with E-state index < -0.39 is 24.3 Å². The number of ether oxygens (including phenoxy) is 3. The Kier molecular flexibility index (Phi) is 9.39. The van der Waals surface area contributed by atoms with Crippen LogP contribution in [0.1, 0.15) is 42.4 Å². The van der Waals surface area contributed by atoms with Crippen molar-refractivity contribution >= 4 is 29.0 Å². The van der Waals surface area contributed by atoms with Crippen molar-refractivity contribution in [1.82, 2.24) is 20.6 Å². The number of nitrogens with one attached hydrogen (secondary N) is 3. The van der Waals surface area contributed by atoms with Crippen molar-refractivity contribution in [3.8, 4) is 17.2 Å². The molecule has 45 heavy (non-hydrogen) atoms. The van der Waals surface area contributed by atoms with Gasteiger partial charge < -0.3 is 34.5 Å². The van der Waals surface area contributed by atoms with Crippen molar-refractivity contribution in [1.29, 1.82) is 0 Å². The Morgan fingerprint density at radius 1 is 1.07 bits per heavy atom. The molecule has 11 heteroatoms. The minimum Gasteiger partial charge on any atom is -0.490 e. The molecule has 1 aromatic heterocycles. The first-order chi connectivity index (χ1) is 21.7. The summed E-state index contributed by atoms with van der Waals surface area (Å²) in [7, 11) is 1.28. The first kappa shape index (κ1) is 31.1. The third-order valence-corrected chi connectivity index (χ3v) is 7.58. The molecule has 0 fully saturated rings. The molecule has 4 aromatic rings. The van der Waals surface area contributed by atoms with Gasteiger partial charge in [0.05, 0.1) is 37.2 Å². The highest BCUT2D eigenvalue weighted by Gasteiger charge is 2.32. The summed E-state index contributed by atoms with van der Waals surface area (Å²) in [6.45, 7) is 7.78. The van der Waals surface area contributed by atoms with Crippen LogP contribution in [0.15, 0.2) is 83.1 Å². The van der Waals surface area contributed by atoms with Crippen molar-refractivity contribution in [2.75, 3.05) is 20.3 Å². The van der Waals surface area contributed by atoms with E-state index in [-0.39, 0.29) is 12.2 Å². The second-order valence-electron chi connectivity index (χ2n) is 10.6. The number of benzene rings is 3. The van der Waals surface area contributed by atoms with Crippen molar-refractivity contribution < 1.29 is 28.9 Å². The molecule has 0 bridgehead atoms. The SMILES string of the molecule is CCOc1cc([C@@H]2NC(=O)NC(C)=C2C(=O)OC)ccc1OC[C@H](O)N/N=C\c1cc(C)n(-c2cccc3ccccc23)c1C. The highest BCUT2D eigenvalue weighted by molar-refractivity contribution is 5.95. The number of aryl methyl sites for hydroxylation is 1. The lowest BCUT2D eigenvalue weighted by Gasteiger charge is -2.28. The van der Waals surface area contributed by atoms with E-state index in [2.05, 4.69) is 63.0 Å². The topological polar surface area (TPSA) is 135 Å². The van der Waals surface area contributed by atoms with E-state index in [1.165, 1.54) is 12.5 Å². The van der Waals surface area contributed by atoms with E-state index in [1.54, 1.807) is 31.3 Å². The van der Waals surface area contributed by atoms with Crippen LogP contribution in [0.3, 0.4) is 0 Å². The molecule has 0 aliphatic carbocycles. The van der Waals surface area contributed by atoms with Crippen LogP contribution in [-0.4, -0.2) is 54.4 Å². The summed E-state index contributed by atoms with van der Waals surface area (Å²) in [6.07, 6.45) is 0.562. The van der Waals surface area contributed by atoms with Gasteiger partial charge in [-0.2, -0.15) is 5.10 Å². The van der Waals surface area contributed by atoms with Gasteiger partial charge in [0.25, 0.3) is 0 Å². The first-order valence-electron chi connectivity index (χ1n) is 14.6. The second kappa shape index (κ2) is 13.6. The Bertz CT molecular complexity index is 1790. The molecule has 5 rings (SSSR count). The predicted molar refractivity (Wildman–Crippen MR) is 172 cm³/mol. The molecule has 0 radical (unpaired) electrons. The van der Waals surface area contributed by atoms with Gasteiger partial charge in [-0.05, 0) is 62.9 Å². The zero-order valence-corrected chi connectivity index (χ0v) is 25.9. The van der Waals surface area contributed by atoms with Crippen LogP contribution in [0.4, 0.5) is 4.79 Å². The number of hydrogen-bond donors (Lipinski definition) is 4. The monoisotopic (exact) mass is 611 g/mol. The maximum atomic E-state index is 12.5. The van der Waals surface area contributed by atoms with Gasteiger partial charge in [-0.1, -0.05) is 42.5 Å². The van der Waals surface area contributed by atoms with Gasteiger partial charge in [-0.3, -0.25) is 5.43 Å². The number of carbonyl (C=O) groups excluding carboxylic acids is 2. The number of rotatable bonds is 11. The first-order valence-corrected chi connectivity index (χ1v) is 14.6. The van der Waals surface area contributed by atoms with Crippen LogP contribution in [0.2, 0.25) is 0 Å². The minimum absolute atomic E-state index is 0.123. The largest absolute Gasteiger partial charge is 0.490 e. The Morgan fingerprint density at radius 2 is 1.84 bits per heavy atom. The van der Waals surface area contributed by atoms with Crippen molar-refractivity contribution in [2.45, 2.75) is 40.0 Å². The molecule has 234 valence electrons. The molecule has 2 atom stereocenters. The third-order valence-electron chi connectivity index (χ3n) is 7.58. The van der Waals surface area contributed by atoms with Crippen molar-refractivity contribution in [2.24, 2.45) is 5.10 Å². The lowest BCUT2D eigenvalue weighted by Crippen LogP contribution is -2.45. The van der Waals surface area contributed by atoms with Crippen LogP contribution < -0.4 is 25.5 Å². The van der Waals surface area contributed by atoms with Gasteiger partial charge in [0.2, 0.25) is 0 Å². The summed E-state index contributed by atoms with van der Waals surface area (Å²) in [5.41, 5.74) is 8.09. The highest BCUT2D eigenvalue weighted by atomic mass is 16.5. The fourth-order valence-corrected chi connectivity index (χ4v) is 5.51. The molecular formula is C34H37N5O6. The number of esters is 1. The number of allylic oxidation sites excluding steroid dienone is 1. The van der Waals surface area contributed by atoms with Gasteiger partial charge in [0.1, 0.15) is 6.61 Å². The molecule has 1 aliphatic heterocycles. The van der Waals surface area contributed by atoms with Gasteiger partial charge >= 0.3 is 12.0 Å². The molecule has 2 heterocycles. The van der Waals surface area contributed by atoms with Gasteiger partial charge in [0, 0.05) is 28.0 Å². The molecule has 0 saturated carbocycles. The normalized spacial score (nSPS) is 15.5. The Labute approximate surface area is 261 Å². The number of urea groups is 1. The van der Waals surface area contributed by atoms with Crippen LogP contribution >= 0.6 is 0 Å². The van der Waals surface area contributed by atoms with Crippen LogP contribution in [0.5, 0.6) is 11.5 Å². The average molecular weight is 612 g/mol. The number of aromatic nitrogens is 1. The third kappa shape index (κ3) is 6.63. The highest BCUT2D eigenvalue weighted by Crippen LogP contribution is 2.35. The van der Waals surface area contributed by atoms with Crippen molar-refractivity contribution in [3.63, 3.8) is 0 Å². The van der Waals surface area contributed by atoms with Gasteiger partial charge in [-0.15, -0.1) is 0 Å². The maximum Gasteiger partial charge on any atom is 0.337 e. The predicted octanol–water partition coefficient (Wildman–Crippen LogP) is 4.77. The molecule has 11 nitrogen and oxygen atoms in total. The maximum absolute atomic E-state index is 12.5. The minimum atomic E-state index is -1.11. The summed E-state index contributed by atoms with van der Waals surface area (Å²) < 4.78 is 18.8. The molecule has 0 saturated heterocycles. The number of hydrazone groups is 1. The van der Waals surface area contributed by atoms with E-state index >= 15 is 0 Å². The number of nitrogens with zero attached hydrogens (tertiary/aromatic N) is 2. The quantitative estimate of drug-likeness (QED) is 0.0831. The average Bonchev–Trinajstić information content (AvgIpc) is 3.31. The standard InChI is InChI=1S/C34H37N5O6/c1-6-44-29-17-24(32-31(33(41)43-5)21(3)36-34(42)37-32)14-15-28(29)45-19-30(40)38-35-18-25-16-20(2)39(22(25)4)27-13-9-11-23-10-7-8-12-26(23)27/h7-18,30,32,38,40H,6,19H2,1-5H3,(H2,36,37,42)/b35-18-/t30-,32-/m0/s1. The summed E-state index contributed by atoms with van der Waals surface area (Å²) in [5, 5.41) is 22.5. The Hall–Kier alpha value is -5.29. The number of amides is 2. The molecule has 3 aromatic carbocycles. The fraction of sp³-hybridized carbons (Fsp3) is 0.265. The number of aliphatic hydroxyl groups excluding tert-OH is 1. The smallest absolute Gasteiger partial charge is 0.337 e. The Morgan fingerprint density at radius 3 is 2.62 bits per heavy atom. The molecule has 2 amide bonds. The summed E-state index contributed by atoms with van der Waals surface area (Å²) >= 11 is 0. The van der Waals surface area contributed by atoms with Crippen LogP contribution in [0.25, 0.3) is 16.5 Å². The number of aliphatic hydroxyl groups is 1. The number of fused-ring (bicyclic) bond motifs is 1. The van der Waals surface area contributed by atoms with Gasteiger partial charge in [0.15, 0.2) is 17.7 Å². The lowest BCUT2D eigenvalue weighted by molar-refractivity contribution is -0.136. The fourth-order valence-electron chi connectivity index (χ4n) is 5.51. The van der Waals surface area contributed by atoms with Gasteiger partial charge in [-0.25, -0.2) is 9.59 Å². The van der Waals surface area contributed by atoms with E-state index in [9.17, 15) is 14.7 Å². The molecule has 0 spiro atoms. The number of carbonyl (C=O) groups is 2. The number of methoxy groups -OCH3 is 1. The number of hydrogen-bond acceptors (Lipinski definition) is 8. The molecular weight excluding hydrogens is 574 g/mol. The van der Waals surface area contributed by atoms with E-state index in [0.29, 0.717) is 29.4 Å². The van der Waals surface area contributed by atoms with Crippen molar-refractivity contribution in [3.05, 3.63) is 101 Å². The zero-order valence-electron chi connectivity index (χ0n) is 25.9. The van der Waals surface area contributed by atoms with E-state index in [1.807, 2.05) is 32.0 Å². The molecule has 0 unspecified atom stereocenters. The second-order valence-corrected chi connectivity index (χ2v) is 10.6. The zero-order chi connectivity index (χ0) is 32.1. The van der Waals surface area contributed by atoms with Crippen LogP contribution in [0, 0.1) is 13.8 Å². The summed E-state index contributed by atoms with van der Waals surface area (Å²) in [4.78, 5) is 24.7. The molecule has 4 N–H and O–H groups in total. The summed E-state index contributed by atoms with van der Waals surface area (Å²) in [5.74, 6) is 0.208. The molecule has 1 aliphatic rings. The Balaban J connectivity index is 1.27. The summed E-state index contributed by atoms with van der Waals surface area (Å²) in [6, 6.07) is 20.5. The lowest BCUT2D eigenvalue weighted by atomic mass is 9.95. The van der Waals surface area contributed by atoms with Crippen LogP contribution in [-0.2, 0) is 9.53 Å². The van der Waals surface area contributed by atoms with E-state index in [4.69, 9.17) is 14.2 Å².